The predicted molar refractivity (Wildman–Crippen MR) is 172 cm³/mol. The van der Waals surface area contributed by atoms with Gasteiger partial charge in [0.05, 0.1) is 18.6 Å². The van der Waals surface area contributed by atoms with Gasteiger partial charge in [-0.05, 0) is 48.7 Å². The zero-order chi connectivity index (χ0) is 29.1. The van der Waals surface area contributed by atoms with Gasteiger partial charge in [-0.25, -0.2) is 4.98 Å². The van der Waals surface area contributed by atoms with Crippen LogP contribution in [0.5, 0.6) is 5.75 Å². The number of amides is 1. The molecule has 222 valence electrons. The van der Waals surface area contributed by atoms with E-state index in [0.29, 0.717) is 24.9 Å². The molecule has 1 fully saturated rings. The molecule has 6 nitrogen and oxygen atoms in total. The van der Waals surface area contributed by atoms with Crippen molar-refractivity contribution in [1.29, 1.82) is 0 Å². The molecular weight excluding hydrogens is 520 g/mol. The highest BCUT2D eigenvalue weighted by molar-refractivity contribution is 5.98. The smallest absolute Gasteiger partial charge is 0.275 e. The molecule has 4 aromatic rings. The monoisotopic (exact) mass is 566 g/mol. The van der Waals surface area contributed by atoms with Crippen LogP contribution in [0.3, 0.4) is 0 Å². The van der Waals surface area contributed by atoms with E-state index in [4.69, 9.17) is 9.72 Å². The maximum Gasteiger partial charge on any atom is 0.275 e. The second kappa shape index (κ2) is 15.0. The van der Waals surface area contributed by atoms with Gasteiger partial charge in [0, 0.05) is 37.2 Å². The van der Waals surface area contributed by atoms with Gasteiger partial charge in [-0.1, -0.05) is 100 Å². The minimum Gasteiger partial charge on any atom is -0.493 e. The van der Waals surface area contributed by atoms with Crippen LogP contribution in [0.15, 0.2) is 79.1 Å². The van der Waals surface area contributed by atoms with Crippen LogP contribution in [0, 0.1) is 0 Å². The zero-order valence-corrected chi connectivity index (χ0v) is 25.3. The van der Waals surface area contributed by atoms with Gasteiger partial charge in [0.1, 0.15) is 5.75 Å². The third kappa shape index (κ3) is 7.22. The SMILES string of the molecule is CCCCC[C@H](CCC)n1cnc(C(=O)N2CCCNC[C@H]2CCOc2ccc3ccccc3c2)c1-c1ccccc1. The number of carbonyl (C=O) groups excluding carboxylic acids is 1. The molecule has 5 rings (SSSR count). The summed E-state index contributed by atoms with van der Waals surface area (Å²) in [5.41, 5.74) is 2.58. The lowest BCUT2D eigenvalue weighted by Gasteiger charge is -2.30. The van der Waals surface area contributed by atoms with Crippen LogP contribution in [0.2, 0.25) is 0 Å². The van der Waals surface area contributed by atoms with E-state index in [1.54, 1.807) is 0 Å². The molecule has 2 atom stereocenters. The Hall–Kier alpha value is -3.64. The maximum absolute atomic E-state index is 14.4. The first-order valence-corrected chi connectivity index (χ1v) is 15.9. The topological polar surface area (TPSA) is 59.4 Å². The molecule has 1 aromatic heterocycles. The lowest BCUT2D eigenvalue weighted by molar-refractivity contribution is 0.0665. The van der Waals surface area contributed by atoms with Crippen molar-refractivity contribution in [3.8, 4) is 17.0 Å². The number of nitrogens with zero attached hydrogens (tertiary/aromatic N) is 3. The number of nitrogens with one attached hydrogen (secondary N) is 1. The number of carbonyl (C=O) groups is 1. The molecule has 1 aliphatic rings. The molecule has 6 heteroatoms. The van der Waals surface area contributed by atoms with E-state index in [0.717, 1.165) is 62.2 Å². The molecular formula is C36H46N4O2. The summed E-state index contributed by atoms with van der Waals surface area (Å²) in [7, 11) is 0. The highest BCUT2D eigenvalue weighted by Gasteiger charge is 2.31. The summed E-state index contributed by atoms with van der Waals surface area (Å²) < 4.78 is 8.51. The van der Waals surface area contributed by atoms with Gasteiger partial charge in [0.15, 0.2) is 5.69 Å². The molecule has 3 aromatic carbocycles. The summed E-state index contributed by atoms with van der Waals surface area (Å²) in [6.07, 6.45) is 10.5. The Morgan fingerprint density at radius 2 is 1.79 bits per heavy atom. The van der Waals surface area contributed by atoms with Crippen LogP contribution >= 0.6 is 0 Å². The Bertz CT molecular complexity index is 1420. The number of fused-ring (bicyclic) bond motifs is 1. The van der Waals surface area contributed by atoms with Crippen LogP contribution in [-0.4, -0.2) is 52.6 Å². The number of hydrogen-bond donors (Lipinski definition) is 1. The van der Waals surface area contributed by atoms with Gasteiger partial charge in [0.25, 0.3) is 5.91 Å². The van der Waals surface area contributed by atoms with Gasteiger partial charge in [-0.2, -0.15) is 0 Å². The van der Waals surface area contributed by atoms with Crippen molar-refractivity contribution in [2.24, 2.45) is 0 Å². The first-order valence-electron chi connectivity index (χ1n) is 15.9. The normalized spacial score (nSPS) is 16.3. The number of benzene rings is 3. The van der Waals surface area contributed by atoms with E-state index in [9.17, 15) is 4.79 Å². The lowest BCUT2D eigenvalue weighted by atomic mass is 10.0. The average molecular weight is 567 g/mol. The molecule has 0 aliphatic carbocycles. The molecule has 0 bridgehead atoms. The minimum absolute atomic E-state index is 0.0239. The van der Waals surface area contributed by atoms with Crippen LogP contribution in [0.25, 0.3) is 22.0 Å². The Kier molecular flexibility index (Phi) is 10.7. The molecule has 0 unspecified atom stereocenters. The number of rotatable bonds is 13. The third-order valence-corrected chi connectivity index (χ3v) is 8.47. The highest BCUT2D eigenvalue weighted by atomic mass is 16.5. The Morgan fingerprint density at radius 3 is 2.60 bits per heavy atom. The molecule has 0 radical (unpaired) electrons. The number of unbranched alkanes of at least 4 members (excludes halogenated alkanes) is 2. The largest absolute Gasteiger partial charge is 0.493 e. The van der Waals surface area contributed by atoms with Crippen molar-refractivity contribution in [2.75, 3.05) is 26.2 Å². The predicted octanol–water partition coefficient (Wildman–Crippen LogP) is 7.90. The minimum atomic E-state index is 0.0239. The van der Waals surface area contributed by atoms with Crippen molar-refractivity contribution in [3.63, 3.8) is 0 Å². The lowest BCUT2D eigenvalue weighted by Crippen LogP contribution is -2.44. The van der Waals surface area contributed by atoms with E-state index in [1.807, 2.05) is 24.5 Å². The standard InChI is InChI=1S/C36H46N4O2/c1-3-5-7-18-31(13-4-2)40-27-38-34(35(40)29-15-8-6-9-16-29)36(41)39-23-12-22-37-26-32(39)21-24-42-33-20-19-28-14-10-11-17-30(28)25-33/h6,8-11,14-17,19-20,25,27,31-32,37H,3-5,7,12-13,18,21-24,26H2,1-2H3/t31-,32+/m0/s1. The van der Waals surface area contributed by atoms with E-state index < -0.39 is 0 Å². The van der Waals surface area contributed by atoms with Crippen LogP contribution in [0.4, 0.5) is 0 Å². The maximum atomic E-state index is 14.4. The summed E-state index contributed by atoms with van der Waals surface area (Å²) in [6, 6.07) is 25.3. The van der Waals surface area contributed by atoms with Crippen molar-refractivity contribution < 1.29 is 9.53 Å². The number of hydrogen-bond acceptors (Lipinski definition) is 4. The zero-order valence-electron chi connectivity index (χ0n) is 25.3. The first-order chi connectivity index (χ1) is 20.7. The second-order valence-corrected chi connectivity index (χ2v) is 11.5. The fourth-order valence-corrected chi connectivity index (χ4v) is 6.23. The molecule has 1 amide bonds. The summed E-state index contributed by atoms with van der Waals surface area (Å²) >= 11 is 0. The van der Waals surface area contributed by atoms with Crippen molar-refractivity contribution >= 4 is 16.7 Å². The average Bonchev–Trinajstić information content (AvgIpc) is 3.33. The summed E-state index contributed by atoms with van der Waals surface area (Å²) in [5.74, 6) is 0.888. The molecule has 1 aliphatic heterocycles. The van der Waals surface area contributed by atoms with Gasteiger partial charge < -0.3 is 19.5 Å². The van der Waals surface area contributed by atoms with Crippen LogP contribution < -0.4 is 10.1 Å². The van der Waals surface area contributed by atoms with E-state index in [1.165, 1.54) is 30.0 Å². The molecule has 42 heavy (non-hydrogen) atoms. The number of imidazole rings is 1. The van der Waals surface area contributed by atoms with Crippen LogP contribution in [0.1, 0.15) is 81.7 Å². The molecule has 0 saturated carbocycles. The Morgan fingerprint density at radius 1 is 0.976 bits per heavy atom. The van der Waals surface area contributed by atoms with E-state index in [2.05, 4.69) is 83.2 Å². The van der Waals surface area contributed by atoms with E-state index in [-0.39, 0.29) is 11.9 Å². The molecule has 1 N–H and O–H groups in total. The quantitative estimate of drug-likeness (QED) is 0.167. The van der Waals surface area contributed by atoms with Gasteiger partial charge >= 0.3 is 0 Å². The van der Waals surface area contributed by atoms with Gasteiger partial charge in [0.2, 0.25) is 0 Å². The van der Waals surface area contributed by atoms with Gasteiger partial charge in [-0.15, -0.1) is 0 Å². The third-order valence-electron chi connectivity index (χ3n) is 8.47. The summed E-state index contributed by atoms with van der Waals surface area (Å²) in [5, 5.41) is 5.92. The molecule has 0 spiro atoms. The number of ether oxygens (including phenoxy) is 1. The number of aromatic nitrogens is 2. The second-order valence-electron chi connectivity index (χ2n) is 11.5. The summed E-state index contributed by atoms with van der Waals surface area (Å²) in [4.78, 5) is 21.3. The van der Waals surface area contributed by atoms with Crippen molar-refractivity contribution in [2.45, 2.75) is 77.3 Å². The van der Waals surface area contributed by atoms with Gasteiger partial charge in [-0.3, -0.25) is 4.79 Å². The van der Waals surface area contributed by atoms with E-state index >= 15 is 0 Å². The van der Waals surface area contributed by atoms with Crippen LogP contribution in [-0.2, 0) is 0 Å². The van der Waals surface area contributed by atoms with Crippen molar-refractivity contribution in [3.05, 3.63) is 84.8 Å². The Balaban J connectivity index is 1.37. The molecule has 2 heterocycles. The van der Waals surface area contributed by atoms with Crippen molar-refractivity contribution in [1.82, 2.24) is 19.8 Å². The molecule has 1 saturated heterocycles. The highest BCUT2D eigenvalue weighted by Crippen LogP contribution is 2.32. The fourth-order valence-electron chi connectivity index (χ4n) is 6.23. The Labute approximate surface area is 251 Å². The fraction of sp³-hybridized carbons (Fsp3) is 0.444. The summed E-state index contributed by atoms with van der Waals surface area (Å²) in [6.45, 7) is 7.41. The first kappa shape index (κ1) is 29.8.